The van der Waals surface area contributed by atoms with Crippen LogP contribution in [0.5, 0.6) is 0 Å². The minimum Gasteiger partial charge on any atom is -0.462 e. The van der Waals surface area contributed by atoms with E-state index < -0.39 is 75.7 Å². The zero-order chi connectivity index (χ0) is 42.2. The van der Waals surface area contributed by atoms with Gasteiger partial charge in [0.05, 0.1) is 6.61 Å². The molecule has 0 radical (unpaired) electrons. The van der Waals surface area contributed by atoms with E-state index in [0.29, 0.717) is 12.8 Å². The fourth-order valence-electron chi connectivity index (χ4n) is 6.41. The van der Waals surface area contributed by atoms with Crippen LogP contribution in [0.1, 0.15) is 168 Å². The van der Waals surface area contributed by atoms with E-state index in [2.05, 4.69) is 50.3 Å². The Hall–Kier alpha value is -1.93. The lowest BCUT2D eigenvalue weighted by Gasteiger charge is -2.41. The summed E-state index contributed by atoms with van der Waals surface area (Å²) in [4.78, 5) is 35.6. The van der Waals surface area contributed by atoms with Crippen LogP contribution >= 0.6 is 7.82 Å². The van der Waals surface area contributed by atoms with Gasteiger partial charge in [-0.3, -0.25) is 18.6 Å². The summed E-state index contributed by atoms with van der Waals surface area (Å²) in [6.07, 6.45) is 23.5. The number of aliphatic hydroxyl groups excluding tert-OH is 5. The van der Waals surface area contributed by atoms with E-state index in [1.54, 1.807) is 0 Å². The summed E-state index contributed by atoms with van der Waals surface area (Å²) in [6, 6.07) is 0. The minimum atomic E-state index is -5.12. The average Bonchev–Trinajstić information content (AvgIpc) is 3.19. The van der Waals surface area contributed by atoms with Crippen molar-refractivity contribution in [2.75, 3.05) is 13.2 Å². The molecule has 0 saturated heterocycles. The highest BCUT2D eigenvalue weighted by molar-refractivity contribution is 7.47. The standard InChI is InChI=1S/C43H77O13P/c1-3-5-7-9-11-13-15-16-17-18-19-20-22-24-26-28-30-32-37(45)55-35(33-53-36(44)31-29-27-25-23-21-14-12-10-8-6-4-2)34-54-57(51,52)56-43-41(49)39(47)38(46)40(48)42(43)50/h11,13,16-17,19-20,35,38-43,46-50H,3-10,12,14-15,18,21-34H2,1-2H3,(H,51,52)/b13-11-,17-16-,20-19-/t35-,38?,39-,40?,41?,42?,43?/m1/s1. The Kier molecular flexibility index (Phi) is 31.5. The summed E-state index contributed by atoms with van der Waals surface area (Å²) < 4.78 is 33.4. The van der Waals surface area contributed by atoms with Crippen LogP contribution in [0.25, 0.3) is 0 Å². The molecule has 1 aliphatic rings. The first-order chi connectivity index (χ1) is 27.4. The van der Waals surface area contributed by atoms with Crippen molar-refractivity contribution >= 4 is 19.8 Å². The molecule has 6 N–H and O–H groups in total. The number of aliphatic hydroxyl groups is 5. The number of ether oxygens (including phenoxy) is 2. The molecule has 13 nitrogen and oxygen atoms in total. The number of hydrogen-bond acceptors (Lipinski definition) is 12. The van der Waals surface area contributed by atoms with Crippen LogP contribution in [-0.2, 0) is 32.7 Å². The van der Waals surface area contributed by atoms with Crippen LogP contribution in [0.4, 0.5) is 0 Å². The predicted octanol–water partition coefficient (Wildman–Crippen LogP) is 7.83. The van der Waals surface area contributed by atoms with Gasteiger partial charge in [-0.1, -0.05) is 140 Å². The second-order valence-electron chi connectivity index (χ2n) is 15.2. The first kappa shape index (κ1) is 53.1. The highest BCUT2D eigenvalue weighted by Gasteiger charge is 2.51. The molecule has 0 heterocycles. The first-order valence-corrected chi connectivity index (χ1v) is 23.3. The van der Waals surface area contributed by atoms with Gasteiger partial charge in [0.2, 0.25) is 0 Å². The third-order valence-electron chi connectivity index (χ3n) is 9.98. The minimum absolute atomic E-state index is 0.0721. The number of rotatable bonds is 35. The van der Waals surface area contributed by atoms with Crippen molar-refractivity contribution in [1.82, 2.24) is 0 Å². The van der Waals surface area contributed by atoms with E-state index in [1.807, 2.05) is 0 Å². The molecule has 0 aromatic rings. The summed E-state index contributed by atoms with van der Waals surface area (Å²) in [5.41, 5.74) is 0. The van der Waals surface area contributed by atoms with Gasteiger partial charge in [0.25, 0.3) is 0 Å². The van der Waals surface area contributed by atoms with Crippen LogP contribution < -0.4 is 0 Å². The van der Waals surface area contributed by atoms with Crippen molar-refractivity contribution in [3.05, 3.63) is 36.5 Å². The Morgan fingerprint density at radius 2 is 0.947 bits per heavy atom. The van der Waals surface area contributed by atoms with E-state index in [4.69, 9.17) is 18.5 Å². The molecule has 332 valence electrons. The fourth-order valence-corrected chi connectivity index (χ4v) is 7.38. The molecule has 1 saturated carbocycles. The predicted molar refractivity (Wildman–Crippen MR) is 221 cm³/mol. The number of phosphoric acid groups is 1. The number of hydrogen-bond donors (Lipinski definition) is 6. The molecule has 8 atom stereocenters. The third-order valence-corrected chi connectivity index (χ3v) is 11.0. The highest BCUT2D eigenvalue weighted by Crippen LogP contribution is 2.47. The van der Waals surface area contributed by atoms with E-state index in [1.165, 1.54) is 64.2 Å². The van der Waals surface area contributed by atoms with E-state index in [9.17, 15) is 44.6 Å². The number of carbonyl (C=O) groups is 2. The summed E-state index contributed by atoms with van der Waals surface area (Å²) >= 11 is 0. The van der Waals surface area contributed by atoms with Crippen molar-refractivity contribution < 1.29 is 63.1 Å². The SMILES string of the molecule is CCCCC/C=C\C/C=C\C/C=C\CCCCCCC(=O)O[C@H](COC(=O)CCCCCCCCCCCCC)COP(=O)(O)OC1C(O)C(O)C(O)[C@@H](O)C1O. The zero-order valence-electron chi connectivity index (χ0n) is 34.9. The van der Waals surface area contributed by atoms with E-state index in [0.717, 1.165) is 64.2 Å². The first-order valence-electron chi connectivity index (χ1n) is 21.8. The quantitative estimate of drug-likeness (QED) is 0.0156. The van der Waals surface area contributed by atoms with Gasteiger partial charge in [0.1, 0.15) is 43.2 Å². The highest BCUT2D eigenvalue weighted by atomic mass is 31.2. The smallest absolute Gasteiger partial charge is 0.462 e. The molecule has 6 unspecified atom stereocenters. The van der Waals surface area contributed by atoms with Gasteiger partial charge >= 0.3 is 19.8 Å². The molecule has 0 amide bonds. The molecular formula is C43H77O13P. The third kappa shape index (κ3) is 26.7. The van der Waals surface area contributed by atoms with Gasteiger partial charge in [-0.15, -0.1) is 0 Å². The topological polar surface area (TPSA) is 210 Å². The van der Waals surface area contributed by atoms with Crippen molar-refractivity contribution in [1.29, 1.82) is 0 Å². The average molecular weight is 833 g/mol. The summed E-state index contributed by atoms with van der Waals surface area (Å²) in [5.74, 6) is -1.12. The fraction of sp³-hybridized carbons (Fsp3) is 0.814. The van der Waals surface area contributed by atoms with Gasteiger partial charge < -0.3 is 39.9 Å². The van der Waals surface area contributed by atoms with Crippen LogP contribution in [0.2, 0.25) is 0 Å². The second kappa shape index (κ2) is 33.9. The molecule has 0 bridgehead atoms. The number of phosphoric ester groups is 1. The van der Waals surface area contributed by atoms with Gasteiger partial charge in [0.15, 0.2) is 6.10 Å². The van der Waals surface area contributed by atoms with Gasteiger partial charge in [-0.25, -0.2) is 4.57 Å². The van der Waals surface area contributed by atoms with Gasteiger partial charge in [0, 0.05) is 12.8 Å². The number of carbonyl (C=O) groups excluding carboxylic acids is 2. The Morgan fingerprint density at radius 1 is 0.544 bits per heavy atom. The second-order valence-corrected chi connectivity index (χ2v) is 16.6. The molecule has 14 heteroatoms. The lowest BCUT2D eigenvalue weighted by molar-refractivity contribution is -0.220. The maximum atomic E-state index is 12.8. The summed E-state index contributed by atoms with van der Waals surface area (Å²) in [5, 5.41) is 50.0. The molecular weight excluding hydrogens is 755 g/mol. The monoisotopic (exact) mass is 833 g/mol. The van der Waals surface area contributed by atoms with Crippen LogP contribution in [0, 0.1) is 0 Å². The Morgan fingerprint density at radius 3 is 1.47 bits per heavy atom. The molecule has 0 aliphatic heterocycles. The lowest BCUT2D eigenvalue weighted by atomic mass is 9.85. The maximum Gasteiger partial charge on any atom is 0.472 e. The van der Waals surface area contributed by atoms with Crippen molar-refractivity contribution in [2.45, 2.75) is 211 Å². The number of allylic oxidation sites excluding steroid dienone is 6. The van der Waals surface area contributed by atoms with Crippen LogP contribution in [0.15, 0.2) is 36.5 Å². The summed E-state index contributed by atoms with van der Waals surface area (Å²) in [7, 11) is -5.12. The molecule has 1 fully saturated rings. The molecule has 1 rings (SSSR count). The number of esters is 2. The largest absolute Gasteiger partial charge is 0.472 e. The lowest BCUT2D eigenvalue weighted by Crippen LogP contribution is -2.64. The molecule has 0 spiro atoms. The normalized spacial score (nSPS) is 23.0. The van der Waals surface area contributed by atoms with E-state index >= 15 is 0 Å². The van der Waals surface area contributed by atoms with Crippen molar-refractivity contribution in [3.8, 4) is 0 Å². The number of unbranched alkanes of at least 4 members (excludes halogenated alkanes) is 17. The van der Waals surface area contributed by atoms with Crippen molar-refractivity contribution in [2.24, 2.45) is 0 Å². The molecule has 57 heavy (non-hydrogen) atoms. The Labute approximate surface area is 342 Å². The summed E-state index contributed by atoms with van der Waals surface area (Å²) in [6.45, 7) is 3.23. The van der Waals surface area contributed by atoms with Gasteiger partial charge in [-0.05, 0) is 51.4 Å². The molecule has 1 aliphatic carbocycles. The maximum absolute atomic E-state index is 12.8. The van der Waals surface area contributed by atoms with E-state index in [-0.39, 0.29) is 12.8 Å². The Bertz CT molecular complexity index is 1150. The van der Waals surface area contributed by atoms with Crippen LogP contribution in [0.3, 0.4) is 0 Å². The molecule has 0 aromatic heterocycles. The zero-order valence-corrected chi connectivity index (χ0v) is 35.8. The Balaban J connectivity index is 2.51. The molecule has 0 aromatic carbocycles. The van der Waals surface area contributed by atoms with Gasteiger partial charge in [-0.2, -0.15) is 0 Å². The van der Waals surface area contributed by atoms with Crippen molar-refractivity contribution in [3.63, 3.8) is 0 Å². The van der Waals surface area contributed by atoms with Crippen LogP contribution in [-0.4, -0.2) is 98.3 Å².